The molecule has 1 saturated heterocycles. The first-order chi connectivity index (χ1) is 11.1. The van der Waals surface area contributed by atoms with Crippen LogP contribution in [0.25, 0.3) is 0 Å². The van der Waals surface area contributed by atoms with Crippen molar-refractivity contribution in [2.24, 2.45) is 0 Å². The quantitative estimate of drug-likeness (QED) is 0.733. The van der Waals surface area contributed by atoms with E-state index in [1.807, 2.05) is 0 Å². The van der Waals surface area contributed by atoms with E-state index < -0.39 is 0 Å². The number of hydrogen-bond donors (Lipinski definition) is 0. The minimum atomic E-state index is -0.332. The van der Waals surface area contributed by atoms with E-state index in [2.05, 4.69) is 4.90 Å². The van der Waals surface area contributed by atoms with Crippen molar-refractivity contribution in [3.05, 3.63) is 35.6 Å². The molecule has 0 radical (unpaired) electrons. The normalized spacial score (nSPS) is 14.8. The first-order valence-corrected chi connectivity index (χ1v) is 8.03. The van der Waals surface area contributed by atoms with Crippen molar-refractivity contribution in [1.82, 2.24) is 9.80 Å². The van der Waals surface area contributed by atoms with E-state index in [1.54, 1.807) is 11.8 Å². The Morgan fingerprint density at radius 2 is 1.75 bits per heavy atom. The highest BCUT2D eigenvalue weighted by Gasteiger charge is 2.21. The molecule has 1 aliphatic rings. The number of benzene rings is 1. The lowest BCUT2D eigenvalue weighted by atomic mass is 10.1. The molecule has 7 heteroatoms. The van der Waals surface area contributed by atoms with E-state index in [-0.39, 0.29) is 30.1 Å². The molecule has 1 aromatic rings. The number of amides is 1. The largest absolute Gasteiger partial charge is 0.450 e. The summed E-state index contributed by atoms with van der Waals surface area (Å²) >= 11 is 0. The molecule has 134 valence electrons. The average Bonchev–Trinajstić information content (AvgIpc) is 2.56. The van der Waals surface area contributed by atoms with E-state index in [9.17, 15) is 14.0 Å². The Labute approximate surface area is 148 Å². The van der Waals surface area contributed by atoms with E-state index in [0.717, 1.165) is 26.1 Å². The zero-order valence-electron chi connectivity index (χ0n) is 13.9. The second-order valence-corrected chi connectivity index (χ2v) is 5.56. The van der Waals surface area contributed by atoms with Crippen molar-refractivity contribution >= 4 is 24.3 Å². The lowest BCUT2D eigenvalue weighted by molar-refractivity contribution is 0.0787. The van der Waals surface area contributed by atoms with Gasteiger partial charge >= 0.3 is 6.09 Å². The van der Waals surface area contributed by atoms with Gasteiger partial charge in [0.2, 0.25) is 0 Å². The van der Waals surface area contributed by atoms with Crippen LogP contribution in [-0.2, 0) is 4.74 Å². The molecule has 1 aromatic carbocycles. The van der Waals surface area contributed by atoms with E-state index in [1.165, 1.54) is 24.3 Å². The average molecular weight is 359 g/mol. The number of ether oxygens (including phenoxy) is 1. The highest BCUT2D eigenvalue weighted by Crippen LogP contribution is 2.09. The molecule has 24 heavy (non-hydrogen) atoms. The van der Waals surface area contributed by atoms with Crippen molar-refractivity contribution in [1.29, 1.82) is 0 Å². The lowest BCUT2D eigenvalue weighted by Crippen LogP contribution is -2.49. The Balaban J connectivity index is 0.00000288. The van der Waals surface area contributed by atoms with Gasteiger partial charge in [0, 0.05) is 38.2 Å². The molecule has 0 unspecified atom stereocenters. The molecule has 0 aromatic heterocycles. The van der Waals surface area contributed by atoms with Crippen molar-refractivity contribution < 1.29 is 18.7 Å². The number of rotatable bonds is 6. The summed E-state index contributed by atoms with van der Waals surface area (Å²) in [6.07, 6.45) is 0.956. The molecule has 0 atom stereocenters. The maximum absolute atomic E-state index is 12.8. The molecule has 5 nitrogen and oxygen atoms in total. The van der Waals surface area contributed by atoms with Crippen LogP contribution in [-0.4, -0.2) is 61.0 Å². The third-order valence-corrected chi connectivity index (χ3v) is 3.94. The molecular formula is C17H24ClFN2O3. The fraction of sp³-hybridized carbons (Fsp3) is 0.529. The van der Waals surface area contributed by atoms with Crippen molar-refractivity contribution in [2.45, 2.75) is 19.8 Å². The number of nitrogens with zero attached hydrogens (tertiary/aromatic N) is 2. The number of piperazine rings is 1. The van der Waals surface area contributed by atoms with Gasteiger partial charge in [-0.05, 0) is 44.2 Å². The van der Waals surface area contributed by atoms with Gasteiger partial charge in [-0.3, -0.25) is 9.69 Å². The number of ketones is 1. The Kier molecular flexibility index (Phi) is 8.71. The second kappa shape index (κ2) is 10.3. The molecule has 1 aliphatic heterocycles. The summed E-state index contributed by atoms with van der Waals surface area (Å²) in [5, 5.41) is 0. The first kappa shape index (κ1) is 20.4. The summed E-state index contributed by atoms with van der Waals surface area (Å²) in [7, 11) is 0. The minimum absolute atomic E-state index is 0. The first-order valence-electron chi connectivity index (χ1n) is 8.03. The summed E-state index contributed by atoms with van der Waals surface area (Å²) in [5.74, 6) is -0.295. The van der Waals surface area contributed by atoms with E-state index in [0.29, 0.717) is 31.7 Å². The topological polar surface area (TPSA) is 49.9 Å². The molecule has 1 heterocycles. The Hall–Kier alpha value is -1.66. The summed E-state index contributed by atoms with van der Waals surface area (Å²) in [4.78, 5) is 27.6. The number of hydrogen-bond acceptors (Lipinski definition) is 4. The van der Waals surface area contributed by atoms with Crippen molar-refractivity contribution in [3.63, 3.8) is 0 Å². The third kappa shape index (κ3) is 6.09. The van der Waals surface area contributed by atoms with Gasteiger partial charge < -0.3 is 9.64 Å². The number of carbonyl (C=O) groups excluding carboxylic acids is 2. The molecule has 0 spiro atoms. The van der Waals surface area contributed by atoms with Crippen LogP contribution >= 0.6 is 12.4 Å². The second-order valence-electron chi connectivity index (χ2n) is 5.56. The zero-order valence-corrected chi connectivity index (χ0v) is 14.7. The van der Waals surface area contributed by atoms with Gasteiger partial charge in [-0.2, -0.15) is 0 Å². The molecular weight excluding hydrogens is 335 g/mol. The van der Waals surface area contributed by atoms with Crippen LogP contribution in [0.3, 0.4) is 0 Å². The molecule has 0 aliphatic carbocycles. The Morgan fingerprint density at radius 3 is 2.33 bits per heavy atom. The minimum Gasteiger partial charge on any atom is -0.450 e. The van der Waals surface area contributed by atoms with Gasteiger partial charge in [0.1, 0.15) is 5.82 Å². The molecule has 0 bridgehead atoms. The molecule has 0 saturated carbocycles. The number of carbonyl (C=O) groups is 2. The van der Waals surface area contributed by atoms with Crippen LogP contribution in [0.1, 0.15) is 30.1 Å². The van der Waals surface area contributed by atoms with Crippen molar-refractivity contribution in [3.8, 4) is 0 Å². The predicted octanol–water partition coefficient (Wildman–Crippen LogP) is 2.98. The molecule has 0 N–H and O–H groups in total. The molecule has 1 amide bonds. The monoisotopic (exact) mass is 358 g/mol. The summed E-state index contributed by atoms with van der Waals surface area (Å²) in [6.45, 7) is 5.92. The Morgan fingerprint density at radius 1 is 1.12 bits per heavy atom. The third-order valence-electron chi connectivity index (χ3n) is 3.94. The standard InChI is InChI=1S/C17H23FN2O3.ClH/c1-2-23-17(22)20-12-10-19(11-13-20)9-3-4-16(21)14-5-7-15(18)8-6-14;/h5-8H,2-4,9-13H2,1H3;1H. The highest BCUT2D eigenvalue weighted by atomic mass is 35.5. The maximum Gasteiger partial charge on any atom is 0.409 e. The summed E-state index contributed by atoms with van der Waals surface area (Å²) in [5.41, 5.74) is 0.554. The van der Waals surface area contributed by atoms with Crippen LogP contribution in [0.5, 0.6) is 0 Å². The fourth-order valence-electron chi connectivity index (χ4n) is 2.61. The van der Waals surface area contributed by atoms with Gasteiger partial charge in [0.15, 0.2) is 5.78 Å². The van der Waals surface area contributed by atoms with Gasteiger partial charge in [0.05, 0.1) is 6.61 Å². The van der Waals surface area contributed by atoms with Crippen molar-refractivity contribution in [2.75, 3.05) is 39.3 Å². The fourth-order valence-corrected chi connectivity index (χ4v) is 2.61. The summed E-state index contributed by atoms with van der Waals surface area (Å²) < 4.78 is 17.8. The van der Waals surface area contributed by atoms with Crippen LogP contribution in [0, 0.1) is 5.82 Å². The van der Waals surface area contributed by atoms with E-state index in [4.69, 9.17) is 4.74 Å². The van der Waals surface area contributed by atoms with Crippen LogP contribution < -0.4 is 0 Å². The molecule has 1 fully saturated rings. The van der Waals surface area contributed by atoms with Crippen LogP contribution in [0.2, 0.25) is 0 Å². The zero-order chi connectivity index (χ0) is 16.7. The van der Waals surface area contributed by atoms with Crippen LogP contribution in [0.4, 0.5) is 9.18 Å². The predicted molar refractivity (Wildman–Crippen MR) is 92.2 cm³/mol. The maximum atomic E-state index is 12.8. The smallest absolute Gasteiger partial charge is 0.409 e. The highest BCUT2D eigenvalue weighted by molar-refractivity contribution is 5.95. The van der Waals surface area contributed by atoms with Gasteiger partial charge in [-0.1, -0.05) is 0 Å². The van der Waals surface area contributed by atoms with Gasteiger partial charge in [0.25, 0.3) is 0 Å². The van der Waals surface area contributed by atoms with E-state index >= 15 is 0 Å². The van der Waals surface area contributed by atoms with Gasteiger partial charge in [-0.15, -0.1) is 12.4 Å². The summed E-state index contributed by atoms with van der Waals surface area (Å²) in [6, 6.07) is 5.66. The number of Topliss-reactive ketones (excluding diaryl/α,β-unsaturated/α-hetero) is 1. The van der Waals surface area contributed by atoms with Gasteiger partial charge in [-0.25, -0.2) is 9.18 Å². The number of halogens is 2. The SMILES string of the molecule is CCOC(=O)N1CCN(CCCC(=O)c2ccc(F)cc2)CC1.Cl. The lowest BCUT2D eigenvalue weighted by Gasteiger charge is -2.33. The Bertz CT molecular complexity index is 531. The molecule has 2 rings (SSSR count). The van der Waals surface area contributed by atoms with Crippen LogP contribution in [0.15, 0.2) is 24.3 Å².